The van der Waals surface area contributed by atoms with Crippen molar-refractivity contribution in [3.05, 3.63) is 34.9 Å². The Balaban J connectivity index is 2.50. The zero-order valence-electron chi connectivity index (χ0n) is 8.46. The lowest BCUT2D eigenvalue weighted by atomic mass is 9.94. The van der Waals surface area contributed by atoms with Crippen LogP contribution in [0.4, 0.5) is 8.78 Å². The minimum atomic E-state index is -1.47. The van der Waals surface area contributed by atoms with Crippen molar-refractivity contribution in [2.45, 2.75) is 18.3 Å². The number of hydrogen-bond donors (Lipinski definition) is 2. The average Bonchev–Trinajstić information content (AvgIpc) is 3.01. The van der Waals surface area contributed by atoms with Gasteiger partial charge in [0.2, 0.25) is 0 Å². The van der Waals surface area contributed by atoms with E-state index in [-0.39, 0.29) is 12.1 Å². The highest BCUT2D eigenvalue weighted by atomic mass is 19.1. The Hall–Kier alpha value is -1.49. The first kappa shape index (κ1) is 11.0. The second kappa shape index (κ2) is 3.52. The number of halogens is 2. The first-order valence-corrected chi connectivity index (χ1v) is 4.93. The number of benzene rings is 1. The summed E-state index contributed by atoms with van der Waals surface area (Å²) in [6.07, 6.45) is 1.43. The van der Waals surface area contributed by atoms with Crippen LogP contribution in [0.15, 0.2) is 12.1 Å². The van der Waals surface area contributed by atoms with E-state index < -0.39 is 28.6 Å². The van der Waals surface area contributed by atoms with Gasteiger partial charge >= 0.3 is 5.97 Å². The van der Waals surface area contributed by atoms with Crippen LogP contribution in [0.2, 0.25) is 0 Å². The zero-order chi connectivity index (χ0) is 11.9. The maximum atomic E-state index is 13.6. The van der Waals surface area contributed by atoms with Crippen LogP contribution in [0.1, 0.15) is 28.8 Å². The lowest BCUT2D eigenvalue weighted by Gasteiger charge is -2.14. The van der Waals surface area contributed by atoms with Gasteiger partial charge in [-0.15, -0.1) is 0 Å². The predicted octanol–water partition coefficient (Wildman–Crippen LogP) is 1.65. The molecule has 0 aliphatic heterocycles. The van der Waals surface area contributed by atoms with Crippen molar-refractivity contribution >= 4 is 5.97 Å². The van der Waals surface area contributed by atoms with E-state index in [9.17, 15) is 13.6 Å². The van der Waals surface area contributed by atoms with Gasteiger partial charge in [-0.2, -0.15) is 0 Å². The van der Waals surface area contributed by atoms with E-state index in [2.05, 4.69) is 0 Å². The maximum Gasteiger partial charge on any atom is 0.338 e. The van der Waals surface area contributed by atoms with Gasteiger partial charge in [0.05, 0.1) is 5.56 Å². The molecule has 0 atom stereocenters. The first-order chi connectivity index (χ1) is 7.50. The summed E-state index contributed by atoms with van der Waals surface area (Å²) in [7, 11) is 0. The average molecular weight is 227 g/mol. The van der Waals surface area contributed by atoms with Gasteiger partial charge in [0.1, 0.15) is 11.6 Å². The lowest BCUT2D eigenvalue weighted by molar-refractivity contribution is 0.0691. The van der Waals surface area contributed by atoms with E-state index in [4.69, 9.17) is 10.8 Å². The van der Waals surface area contributed by atoms with Crippen molar-refractivity contribution in [2.75, 3.05) is 6.54 Å². The van der Waals surface area contributed by atoms with Gasteiger partial charge < -0.3 is 10.8 Å². The van der Waals surface area contributed by atoms with Gasteiger partial charge in [-0.1, -0.05) is 0 Å². The molecule has 16 heavy (non-hydrogen) atoms. The third kappa shape index (κ3) is 1.57. The van der Waals surface area contributed by atoms with E-state index in [1.165, 1.54) is 0 Å². The fourth-order valence-electron chi connectivity index (χ4n) is 1.85. The normalized spacial score (nSPS) is 17.2. The Kier molecular flexibility index (Phi) is 2.42. The summed E-state index contributed by atoms with van der Waals surface area (Å²) in [6.45, 7) is 0.246. The number of aromatic carboxylic acids is 1. The SMILES string of the molecule is NCC1(c2cc(F)c(C(=O)O)cc2F)CC1. The van der Waals surface area contributed by atoms with Crippen LogP contribution < -0.4 is 5.73 Å². The summed E-state index contributed by atoms with van der Waals surface area (Å²) >= 11 is 0. The standard InChI is InChI=1S/C11H11F2NO2/c12-8-4-7(11(5-14)1-2-11)9(13)3-6(8)10(15)16/h3-4H,1-2,5,14H2,(H,15,16). The van der Waals surface area contributed by atoms with Crippen molar-refractivity contribution in [3.63, 3.8) is 0 Å². The van der Waals surface area contributed by atoms with E-state index in [1.807, 2.05) is 0 Å². The number of carbonyl (C=O) groups is 1. The summed E-state index contributed by atoms with van der Waals surface area (Å²) < 4.78 is 27.0. The van der Waals surface area contributed by atoms with Crippen LogP contribution in [-0.4, -0.2) is 17.6 Å². The topological polar surface area (TPSA) is 63.3 Å². The van der Waals surface area contributed by atoms with Crippen LogP contribution in [-0.2, 0) is 5.41 Å². The van der Waals surface area contributed by atoms with Gasteiger partial charge in [-0.3, -0.25) is 0 Å². The predicted molar refractivity (Wildman–Crippen MR) is 53.3 cm³/mol. The van der Waals surface area contributed by atoms with Crippen molar-refractivity contribution < 1.29 is 18.7 Å². The Morgan fingerprint density at radius 2 is 2.00 bits per heavy atom. The maximum absolute atomic E-state index is 13.6. The highest BCUT2D eigenvalue weighted by Crippen LogP contribution is 2.48. The van der Waals surface area contributed by atoms with Crippen LogP contribution in [0.3, 0.4) is 0 Å². The zero-order valence-corrected chi connectivity index (χ0v) is 8.46. The molecule has 0 spiro atoms. The molecule has 1 aliphatic carbocycles. The lowest BCUT2D eigenvalue weighted by Crippen LogP contribution is -2.22. The summed E-state index contributed by atoms with van der Waals surface area (Å²) in [4.78, 5) is 10.6. The van der Waals surface area contributed by atoms with E-state index in [1.54, 1.807) is 0 Å². The minimum Gasteiger partial charge on any atom is -0.478 e. The fraction of sp³-hybridized carbons (Fsp3) is 0.364. The molecule has 0 amide bonds. The van der Waals surface area contributed by atoms with Crippen LogP contribution in [0.25, 0.3) is 0 Å². The molecule has 0 radical (unpaired) electrons. The van der Waals surface area contributed by atoms with Gasteiger partial charge in [-0.25, -0.2) is 13.6 Å². The molecule has 2 rings (SSSR count). The molecule has 0 bridgehead atoms. The quantitative estimate of drug-likeness (QED) is 0.825. The van der Waals surface area contributed by atoms with Gasteiger partial charge in [0, 0.05) is 12.0 Å². The van der Waals surface area contributed by atoms with Crippen molar-refractivity contribution in [1.82, 2.24) is 0 Å². The monoisotopic (exact) mass is 227 g/mol. The van der Waals surface area contributed by atoms with Gasteiger partial charge in [0.25, 0.3) is 0 Å². The molecule has 1 aromatic rings. The van der Waals surface area contributed by atoms with Gasteiger partial charge in [-0.05, 0) is 30.5 Å². The summed E-state index contributed by atoms with van der Waals surface area (Å²) in [5.74, 6) is -3.08. The number of carboxylic acids is 1. The molecule has 1 fully saturated rings. The second-order valence-electron chi connectivity index (χ2n) is 4.10. The largest absolute Gasteiger partial charge is 0.478 e. The molecule has 1 saturated carbocycles. The molecule has 0 saturated heterocycles. The molecular weight excluding hydrogens is 216 g/mol. The molecule has 86 valence electrons. The third-order valence-corrected chi connectivity index (χ3v) is 3.10. The summed E-state index contributed by atoms with van der Waals surface area (Å²) in [5.41, 5.74) is 4.58. The van der Waals surface area contributed by atoms with E-state index in [0.717, 1.165) is 12.1 Å². The van der Waals surface area contributed by atoms with Crippen LogP contribution >= 0.6 is 0 Å². The van der Waals surface area contributed by atoms with Crippen LogP contribution in [0.5, 0.6) is 0 Å². The Morgan fingerprint density at radius 3 is 2.44 bits per heavy atom. The molecule has 0 unspecified atom stereocenters. The van der Waals surface area contributed by atoms with E-state index in [0.29, 0.717) is 12.8 Å². The fourth-order valence-corrected chi connectivity index (χ4v) is 1.85. The Bertz CT molecular complexity index is 456. The second-order valence-corrected chi connectivity index (χ2v) is 4.10. The Labute approximate surface area is 90.9 Å². The van der Waals surface area contributed by atoms with Crippen molar-refractivity contribution in [3.8, 4) is 0 Å². The molecule has 1 aromatic carbocycles. The van der Waals surface area contributed by atoms with E-state index >= 15 is 0 Å². The minimum absolute atomic E-state index is 0.192. The summed E-state index contributed by atoms with van der Waals surface area (Å²) in [5, 5.41) is 8.63. The molecule has 5 heteroatoms. The summed E-state index contributed by atoms with van der Waals surface area (Å²) in [6, 6.07) is 1.68. The number of rotatable bonds is 3. The highest BCUT2D eigenvalue weighted by Gasteiger charge is 2.45. The van der Waals surface area contributed by atoms with Crippen molar-refractivity contribution in [1.29, 1.82) is 0 Å². The molecule has 1 aliphatic rings. The van der Waals surface area contributed by atoms with Crippen molar-refractivity contribution in [2.24, 2.45) is 5.73 Å². The molecule has 3 N–H and O–H groups in total. The highest BCUT2D eigenvalue weighted by molar-refractivity contribution is 5.88. The third-order valence-electron chi connectivity index (χ3n) is 3.10. The number of carboxylic acid groups (broad SMARTS) is 1. The number of nitrogens with two attached hydrogens (primary N) is 1. The Morgan fingerprint density at radius 1 is 1.38 bits per heavy atom. The molecular formula is C11H11F2NO2. The first-order valence-electron chi connectivity index (χ1n) is 4.93. The van der Waals surface area contributed by atoms with Gasteiger partial charge in [0.15, 0.2) is 0 Å². The number of hydrogen-bond acceptors (Lipinski definition) is 2. The molecule has 0 aromatic heterocycles. The van der Waals surface area contributed by atoms with Crippen LogP contribution in [0, 0.1) is 11.6 Å². The molecule has 3 nitrogen and oxygen atoms in total. The molecule has 0 heterocycles. The smallest absolute Gasteiger partial charge is 0.338 e.